The summed E-state index contributed by atoms with van der Waals surface area (Å²) < 4.78 is 12.1. The number of hydrogen-bond acceptors (Lipinski definition) is 6. The lowest BCUT2D eigenvalue weighted by Gasteiger charge is -2.66. The standard InChI is InChI=1S/C28H31N3O4/c32-20-4-3-18-15-21-27-8-7-19(31(13-9-27)23(33)6-5-22-29-11-14-34-22)26-28(27,24(18)25(20)35-26)10-12-30(21)16-17-1-2-17/h3-6,11,14,17,19,21,26,32H,1-2,7-10,12-13,15-16H2/b6-5+/t19-,21-,26+,27-,28+/m1/s1. The lowest BCUT2D eigenvalue weighted by atomic mass is 9.42. The number of aromatic hydroxyl groups is 1. The molecule has 5 heterocycles. The van der Waals surface area contributed by atoms with Gasteiger partial charge >= 0.3 is 0 Å². The van der Waals surface area contributed by atoms with Crippen molar-refractivity contribution in [1.29, 1.82) is 0 Å². The number of aromatic nitrogens is 1. The SMILES string of the molecule is O=C(/C=C/c1ncco1)N1CC[C@@]23CC[C@@H]1[C@@H]1Oc4c(O)ccc5c4[C@@]12CCN(CC1CC1)[C@@H]3C5. The van der Waals surface area contributed by atoms with E-state index < -0.39 is 0 Å². The maximum atomic E-state index is 13.5. The van der Waals surface area contributed by atoms with Crippen molar-refractivity contribution >= 4 is 12.0 Å². The number of rotatable bonds is 4. The summed E-state index contributed by atoms with van der Waals surface area (Å²) in [5.74, 6) is 2.24. The smallest absolute Gasteiger partial charge is 0.247 e. The number of carbonyl (C=O) groups is 1. The second-order valence-electron chi connectivity index (χ2n) is 11.6. The van der Waals surface area contributed by atoms with Crippen molar-refractivity contribution in [3.8, 4) is 11.5 Å². The van der Waals surface area contributed by atoms with E-state index in [-0.39, 0.29) is 34.6 Å². The Morgan fingerprint density at radius 3 is 2.94 bits per heavy atom. The van der Waals surface area contributed by atoms with Crippen LogP contribution in [-0.2, 0) is 16.6 Å². The van der Waals surface area contributed by atoms with Gasteiger partial charge in [0.15, 0.2) is 11.5 Å². The van der Waals surface area contributed by atoms with E-state index in [9.17, 15) is 9.90 Å². The van der Waals surface area contributed by atoms with Gasteiger partial charge in [0.25, 0.3) is 0 Å². The Morgan fingerprint density at radius 1 is 1.20 bits per heavy atom. The Morgan fingerprint density at radius 2 is 2.11 bits per heavy atom. The number of benzene rings is 1. The Bertz CT molecular complexity index is 1240. The molecule has 35 heavy (non-hydrogen) atoms. The van der Waals surface area contributed by atoms with E-state index in [1.54, 1.807) is 18.3 Å². The van der Waals surface area contributed by atoms with Crippen molar-refractivity contribution in [3.63, 3.8) is 0 Å². The highest BCUT2D eigenvalue weighted by Gasteiger charge is 2.74. The topological polar surface area (TPSA) is 79.0 Å². The third-order valence-electron chi connectivity index (χ3n) is 10.3. The summed E-state index contributed by atoms with van der Waals surface area (Å²) in [6, 6.07) is 4.44. The van der Waals surface area contributed by atoms with Gasteiger partial charge in [-0.05, 0) is 69.0 Å². The van der Waals surface area contributed by atoms with Crippen LogP contribution in [0.5, 0.6) is 11.5 Å². The number of amides is 1. The fraction of sp³-hybridized carbons (Fsp3) is 0.571. The zero-order valence-corrected chi connectivity index (χ0v) is 19.9. The van der Waals surface area contributed by atoms with Crippen LogP contribution in [0.15, 0.2) is 35.1 Å². The summed E-state index contributed by atoms with van der Waals surface area (Å²) in [7, 11) is 0. The van der Waals surface area contributed by atoms with Crippen molar-refractivity contribution in [2.45, 2.75) is 68.5 Å². The number of nitrogens with zero attached hydrogens (tertiary/aromatic N) is 3. The minimum absolute atomic E-state index is 0.000664. The van der Waals surface area contributed by atoms with E-state index in [1.807, 2.05) is 6.07 Å². The minimum atomic E-state index is -0.121. The molecule has 7 heteroatoms. The third-order valence-corrected chi connectivity index (χ3v) is 10.3. The van der Waals surface area contributed by atoms with Gasteiger partial charge in [0.1, 0.15) is 12.4 Å². The van der Waals surface area contributed by atoms with Crippen molar-refractivity contribution in [2.24, 2.45) is 11.3 Å². The molecular formula is C28H31N3O4. The molecule has 0 radical (unpaired) electrons. The molecule has 7 nitrogen and oxygen atoms in total. The number of hydrogen-bond donors (Lipinski definition) is 1. The molecule has 7 aliphatic rings. The van der Waals surface area contributed by atoms with Crippen LogP contribution in [0.4, 0.5) is 0 Å². The average molecular weight is 474 g/mol. The van der Waals surface area contributed by atoms with Crippen LogP contribution in [0.2, 0.25) is 0 Å². The van der Waals surface area contributed by atoms with E-state index in [0.29, 0.717) is 17.7 Å². The van der Waals surface area contributed by atoms with Crippen molar-refractivity contribution in [2.75, 3.05) is 19.6 Å². The zero-order valence-electron chi connectivity index (χ0n) is 19.9. The second kappa shape index (κ2) is 6.90. The molecule has 4 aliphatic heterocycles. The molecule has 9 rings (SSSR count). The maximum absolute atomic E-state index is 13.5. The van der Waals surface area contributed by atoms with Gasteiger partial charge in [0.05, 0.1) is 12.2 Å². The van der Waals surface area contributed by atoms with E-state index in [4.69, 9.17) is 9.15 Å². The number of likely N-dealkylation sites (tertiary alicyclic amines) is 1. The first-order valence-corrected chi connectivity index (χ1v) is 13.2. The number of oxazole rings is 1. The maximum Gasteiger partial charge on any atom is 0.247 e. The predicted octanol–water partition coefficient (Wildman–Crippen LogP) is 3.51. The molecule has 1 amide bonds. The molecule has 5 fully saturated rings. The number of carbonyl (C=O) groups excluding carboxylic acids is 1. The van der Waals surface area contributed by atoms with Crippen molar-refractivity contribution in [1.82, 2.24) is 14.8 Å². The molecule has 0 unspecified atom stereocenters. The van der Waals surface area contributed by atoms with Gasteiger partial charge in [-0.25, -0.2) is 4.98 Å². The van der Waals surface area contributed by atoms with Gasteiger partial charge < -0.3 is 19.2 Å². The predicted molar refractivity (Wildman–Crippen MR) is 128 cm³/mol. The van der Waals surface area contributed by atoms with Gasteiger partial charge in [-0.2, -0.15) is 0 Å². The number of ether oxygens (including phenoxy) is 1. The van der Waals surface area contributed by atoms with Crippen LogP contribution in [0.3, 0.4) is 0 Å². The first-order chi connectivity index (χ1) is 17.1. The molecule has 182 valence electrons. The van der Waals surface area contributed by atoms with E-state index >= 15 is 0 Å². The van der Waals surface area contributed by atoms with Gasteiger partial charge in [-0.3, -0.25) is 9.69 Å². The van der Waals surface area contributed by atoms with Crippen LogP contribution >= 0.6 is 0 Å². The molecule has 2 spiro atoms. The fourth-order valence-electron chi connectivity index (χ4n) is 8.82. The Kier molecular flexibility index (Phi) is 4.02. The quantitative estimate of drug-likeness (QED) is 0.685. The first kappa shape index (κ1) is 20.4. The third kappa shape index (κ3) is 2.55. The molecule has 2 aromatic rings. The lowest BCUT2D eigenvalue weighted by molar-refractivity contribution is -0.140. The summed E-state index contributed by atoms with van der Waals surface area (Å²) in [5, 5.41) is 10.9. The summed E-state index contributed by atoms with van der Waals surface area (Å²) in [6.07, 6.45) is 14.1. The van der Waals surface area contributed by atoms with Crippen LogP contribution < -0.4 is 4.74 Å². The van der Waals surface area contributed by atoms with Gasteiger partial charge in [-0.1, -0.05) is 6.07 Å². The molecule has 1 aromatic carbocycles. The van der Waals surface area contributed by atoms with E-state index in [1.165, 1.54) is 36.8 Å². The Balaban J connectivity index is 1.25. The highest BCUT2D eigenvalue weighted by Crippen LogP contribution is 2.71. The Hall–Kier alpha value is -2.80. The molecule has 3 aliphatic carbocycles. The van der Waals surface area contributed by atoms with Crippen LogP contribution in [-0.4, -0.2) is 63.6 Å². The molecule has 1 N–H and O–H groups in total. The highest BCUT2D eigenvalue weighted by molar-refractivity contribution is 5.91. The zero-order chi connectivity index (χ0) is 23.4. The molecule has 3 saturated heterocycles. The van der Waals surface area contributed by atoms with Crippen LogP contribution in [0.1, 0.15) is 55.5 Å². The van der Waals surface area contributed by atoms with Gasteiger partial charge in [0, 0.05) is 47.7 Å². The fourth-order valence-corrected chi connectivity index (χ4v) is 8.82. The summed E-state index contributed by atoms with van der Waals surface area (Å²) in [5.41, 5.74) is 2.59. The molecular weight excluding hydrogens is 442 g/mol. The molecule has 4 bridgehead atoms. The second-order valence-corrected chi connectivity index (χ2v) is 11.6. The first-order valence-electron chi connectivity index (χ1n) is 13.2. The van der Waals surface area contributed by atoms with E-state index in [2.05, 4.69) is 20.9 Å². The molecule has 1 aromatic heterocycles. The highest BCUT2D eigenvalue weighted by atomic mass is 16.5. The Labute approximate surface area is 204 Å². The monoisotopic (exact) mass is 473 g/mol. The molecule has 2 saturated carbocycles. The summed E-state index contributed by atoms with van der Waals surface area (Å²) in [4.78, 5) is 22.5. The molecule has 5 atom stereocenters. The minimum Gasteiger partial charge on any atom is -0.504 e. The average Bonchev–Trinajstić information content (AvgIpc) is 3.47. The van der Waals surface area contributed by atoms with Gasteiger partial charge in [-0.15, -0.1) is 0 Å². The number of phenolic OH excluding ortho intramolecular Hbond substituents is 1. The lowest BCUT2D eigenvalue weighted by Crippen LogP contribution is -2.72. The number of phenols is 1. The normalized spacial score (nSPS) is 36.8. The largest absolute Gasteiger partial charge is 0.504 e. The summed E-state index contributed by atoms with van der Waals surface area (Å²) >= 11 is 0. The van der Waals surface area contributed by atoms with Crippen LogP contribution in [0, 0.1) is 11.3 Å². The van der Waals surface area contributed by atoms with Gasteiger partial charge in [0.2, 0.25) is 11.8 Å². The van der Waals surface area contributed by atoms with E-state index in [0.717, 1.165) is 51.1 Å². The van der Waals surface area contributed by atoms with Crippen molar-refractivity contribution in [3.05, 3.63) is 47.7 Å². The summed E-state index contributed by atoms with van der Waals surface area (Å²) in [6.45, 7) is 3.04. The van der Waals surface area contributed by atoms with Crippen LogP contribution in [0.25, 0.3) is 6.08 Å². The number of fused-ring (bicyclic) bond motifs is 3. The van der Waals surface area contributed by atoms with Crippen molar-refractivity contribution < 1.29 is 19.1 Å². The number of piperidine rings is 1.